The molecule has 0 bridgehead atoms. The predicted molar refractivity (Wildman–Crippen MR) is 62.1 cm³/mol. The number of nitrogens with one attached hydrogen (secondary N) is 1. The Balaban J connectivity index is 2.31. The van der Waals surface area contributed by atoms with E-state index in [0.29, 0.717) is 12.6 Å². The molecule has 0 spiro atoms. The topological polar surface area (TPSA) is 58.6 Å². The van der Waals surface area contributed by atoms with Gasteiger partial charge < -0.3 is 15.2 Å². The molecule has 0 aromatic heterocycles. The van der Waals surface area contributed by atoms with Crippen molar-refractivity contribution >= 4 is 5.97 Å². The highest BCUT2D eigenvalue weighted by atomic mass is 16.5. The first-order valence-corrected chi connectivity index (χ1v) is 6.19. The van der Waals surface area contributed by atoms with Crippen molar-refractivity contribution in [1.82, 2.24) is 5.32 Å². The first-order chi connectivity index (χ1) is 7.56. The van der Waals surface area contributed by atoms with Gasteiger partial charge in [0.1, 0.15) is 0 Å². The Morgan fingerprint density at radius 2 is 2.06 bits per heavy atom. The van der Waals surface area contributed by atoms with E-state index in [1.54, 1.807) is 6.92 Å². The fourth-order valence-corrected chi connectivity index (χ4v) is 2.01. The number of esters is 1. The Bertz CT molecular complexity index is 222. The molecule has 1 aliphatic rings. The van der Waals surface area contributed by atoms with Gasteiger partial charge >= 0.3 is 5.97 Å². The summed E-state index contributed by atoms with van der Waals surface area (Å²) in [5.41, 5.74) is -1.41. The van der Waals surface area contributed by atoms with Crippen LogP contribution in [0.1, 0.15) is 46.0 Å². The van der Waals surface area contributed by atoms with Crippen molar-refractivity contribution in [3.05, 3.63) is 0 Å². The molecule has 94 valence electrons. The summed E-state index contributed by atoms with van der Waals surface area (Å²) in [7, 11) is 0. The highest BCUT2D eigenvalue weighted by Gasteiger charge is 2.32. The van der Waals surface area contributed by atoms with Crippen LogP contribution in [0.2, 0.25) is 0 Å². The zero-order valence-corrected chi connectivity index (χ0v) is 10.3. The summed E-state index contributed by atoms with van der Waals surface area (Å²) in [6.07, 6.45) is 6.04. The maximum absolute atomic E-state index is 11.4. The summed E-state index contributed by atoms with van der Waals surface area (Å²) in [6, 6.07) is 0.439. The minimum Gasteiger partial charge on any atom is -0.464 e. The summed E-state index contributed by atoms with van der Waals surface area (Å²) in [6.45, 7) is 3.82. The fraction of sp³-hybridized carbons (Fsp3) is 0.917. The van der Waals surface area contributed by atoms with Crippen molar-refractivity contribution in [2.75, 3.05) is 13.2 Å². The van der Waals surface area contributed by atoms with Gasteiger partial charge in [0.25, 0.3) is 0 Å². The number of hydrogen-bond donors (Lipinski definition) is 2. The number of hydrogen-bond acceptors (Lipinski definition) is 4. The van der Waals surface area contributed by atoms with Gasteiger partial charge in [0, 0.05) is 12.6 Å². The second kappa shape index (κ2) is 6.21. The Kier molecular flexibility index (Phi) is 5.22. The molecule has 1 saturated carbocycles. The van der Waals surface area contributed by atoms with E-state index in [1.807, 2.05) is 0 Å². The van der Waals surface area contributed by atoms with Crippen LogP contribution in [0.5, 0.6) is 0 Å². The van der Waals surface area contributed by atoms with Gasteiger partial charge in [-0.15, -0.1) is 0 Å². The van der Waals surface area contributed by atoms with E-state index >= 15 is 0 Å². The molecule has 0 aromatic carbocycles. The summed E-state index contributed by atoms with van der Waals surface area (Å²) >= 11 is 0. The van der Waals surface area contributed by atoms with Crippen LogP contribution in [0.4, 0.5) is 0 Å². The fourth-order valence-electron chi connectivity index (χ4n) is 2.01. The molecule has 1 atom stereocenters. The monoisotopic (exact) mass is 229 g/mol. The van der Waals surface area contributed by atoms with Gasteiger partial charge in [0.2, 0.25) is 0 Å². The average molecular weight is 229 g/mol. The van der Waals surface area contributed by atoms with Crippen molar-refractivity contribution < 1.29 is 14.6 Å². The van der Waals surface area contributed by atoms with Crippen molar-refractivity contribution in [3.63, 3.8) is 0 Å². The summed E-state index contributed by atoms with van der Waals surface area (Å²) in [5, 5.41) is 13.2. The lowest BCUT2D eigenvalue weighted by Crippen LogP contribution is -2.49. The number of carbonyl (C=O) groups excluding carboxylic acids is 1. The van der Waals surface area contributed by atoms with E-state index in [0.717, 1.165) is 12.8 Å². The van der Waals surface area contributed by atoms with Crippen LogP contribution < -0.4 is 5.32 Å². The zero-order valence-electron chi connectivity index (χ0n) is 10.3. The van der Waals surface area contributed by atoms with Crippen LogP contribution in [-0.4, -0.2) is 35.9 Å². The van der Waals surface area contributed by atoms with Gasteiger partial charge in [-0.1, -0.05) is 19.3 Å². The van der Waals surface area contributed by atoms with Crippen molar-refractivity contribution in [2.24, 2.45) is 0 Å². The summed E-state index contributed by atoms with van der Waals surface area (Å²) < 4.78 is 4.82. The average Bonchev–Trinajstić information content (AvgIpc) is 2.28. The van der Waals surface area contributed by atoms with Crippen LogP contribution >= 0.6 is 0 Å². The van der Waals surface area contributed by atoms with Crippen LogP contribution in [0, 0.1) is 0 Å². The SMILES string of the molecule is CCOC(=O)C(C)(O)CNC1CCCCC1. The Labute approximate surface area is 97.4 Å². The predicted octanol–water partition coefficient (Wildman–Crippen LogP) is 1.22. The molecule has 1 rings (SSSR count). The molecule has 1 unspecified atom stereocenters. The molecule has 16 heavy (non-hydrogen) atoms. The first kappa shape index (κ1) is 13.5. The number of carbonyl (C=O) groups is 1. The minimum atomic E-state index is -1.41. The second-order valence-corrected chi connectivity index (χ2v) is 4.71. The molecule has 4 nitrogen and oxygen atoms in total. The van der Waals surface area contributed by atoms with Gasteiger partial charge in [-0.05, 0) is 26.7 Å². The lowest BCUT2D eigenvalue weighted by molar-refractivity contribution is -0.162. The molecule has 0 aliphatic heterocycles. The van der Waals surface area contributed by atoms with E-state index in [-0.39, 0.29) is 6.54 Å². The van der Waals surface area contributed by atoms with Gasteiger partial charge in [0.05, 0.1) is 6.61 Å². The van der Waals surface area contributed by atoms with Gasteiger partial charge in [0.15, 0.2) is 5.60 Å². The maximum Gasteiger partial charge on any atom is 0.339 e. The molecule has 0 aromatic rings. The van der Waals surface area contributed by atoms with E-state index in [4.69, 9.17) is 4.74 Å². The standard InChI is InChI=1S/C12H23NO3/c1-3-16-11(14)12(2,15)9-13-10-7-5-4-6-8-10/h10,13,15H,3-9H2,1-2H3. The van der Waals surface area contributed by atoms with Crippen LogP contribution in [-0.2, 0) is 9.53 Å². The lowest BCUT2D eigenvalue weighted by Gasteiger charge is -2.27. The normalized spacial score (nSPS) is 21.4. The van der Waals surface area contributed by atoms with E-state index in [1.165, 1.54) is 26.2 Å². The smallest absolute Gasteiger partial charge is 0.339 e. The first-order valence-electron chi connectivity index (χ1n) is 6.19. The molecule has 2 N–H and O–H groups in total. The number of ether oxygens (including phenoxy) is 1. The molecular weight excluding hydrogens is 206 g/mol. The highest BCUT2D eigenvalue weighted by Crippen LogP contribution is 2.18. The van der Waals surface area contributed by atoms with Gasteiger partial charge in [-0.3, -0.25) is 0 Å². The molecule has 1 fully saturated rings. The molecule has 0 saturated heterocycles. The van der Waals surface area contributed by atoms with Crippen LogP contribution in [0.25, 0.3) is 0 Å². The van der Waals surface area contributed by atoms with E-state index < -0.39 is 11.6 Å². The Morgan fingerprint density at radius 1 is 1.44 bits per heavy atom. The highest BCUT2D eigenvalue weighted by molar-refractivity contribution is 5.79. The van der Waals surface area contributed by atoms with Crippen LogP contribution in [0.3, 0.4) is 0 Å². The zero-order chi connectivity index (χ0) is 12.0. The molecule has 0 heterocycles. The Morgan fingerprint density at radius 3 is 2.62 bits per heavy atom. The second-order valence-electron chi connectivity index (χ2n) is 4.71. The Hall–Kier alpha value is -0.610. The lowest BCUT2D eigenvalue weighted by atomic mass is 9.95. The van der Waals surface area contributed by atoms with Crippen molar-refractivity contribution in [1.29, 1.82) is 0 Å². The van der Waals surface area contributed by atoms with Gasteiger partial charge in [-0.25, -0.2) is 4.79 Å². The maximum atomic E-state index is 11.4. The number of rotatable bonds is 5. The minimum absolute atomic E-state index is 0.274. The van der Waals surface area contributed by atoms with Crippen molar-refractivity contribution in [3.8, 4) is 0 Å². The molecule has 4 heteroatoms. The van der Waals surface area contributed by atoms with E-state index in [9.17, 15) is 9.90 Å². The largest absolute Gasteiger partial charge is 0.464 e. The third-order valence-electron chi connectivity index (χ3n) is 3.06. The third kappa shape index (κ3) is 4.10. The molecular formula is C12H23NO3. The van der Waals surface area contributed by atoms with E-state index in [2.05, 4.69) is 5.32 Å². The van der Waals surface area contributed by atoms with Crippen molar-refractivity contribution in [2.45, 2.75) is 57.6 Å². The third-order valence-corrected chi connectivity index (χ3v) is 3.06. The summed E-state index contributed by atoms with van der Waals surface area (Å²) in [4.78, 5) is 11.4. The number of aliphatic hydroxyl groups is 1. The molecule has 0 amide bonds. The summed E-state index contributed by atoms with van der Waals surface area (Å²) in [5.74, 6) is -0.543. The van der Waals surface area contributed by atoms with Gasteiger partial charge in [-0.2, -0.15) is 0 Å². The van der Waals surface area contributed by atoms with Crippen LogP contribution in [0.15, 0.2) is 0 Å². The quantitative estimate of drug-likeness (QED) is 0.696. The molecule has 1 aliphatic carbocycles. The molecule has 0 radical (unpaired) electrons.